The normalized spacial score (nSPS) is 15.8. The molecule has 112 valence electrons. The van der Waals surface area contributed by atoms with Gasteiger partial charge in [0.25, 0.3) is 0 Å². The topological polar surface area (TPSA) is 51.0 Å². The number of hydrogen-bond donors (Lipinski definition) is 0. The Labute approximate surface area is 125 Å². The Bertz CT molecular complexity index is 316. The average Bonchev–Trinajstić information content (AvgIpc) is 2.20. The number of ether oxygens (including phenoxy) is 1. The molecular weight excluding hydrogens is 284 g/mol. The summed E-state index contributed by atoms with van der Waals surface area (Å²) in [5.74, 6) is 1.18. The molecule has 19 heavy (non-hydrogen) atoms. The van der Waals surface area contributed by atoms with Gasteiger partial charge in [-0.25, -0.2) is 4.79 Å². The predicted molar refractivity (Wildman–Crippen MR) is 82.1 cm³/mol. The molecule has 0 fully saturated rings. The summed E-state index contributed by atoms with van der Waals surface area (Å²) in [6, 6.07) is 0. The maximum absolute atomic E-state index is 10.5. The van der Waals surface area contributed by atoms with E-state index in [-0.39, 0.29) is 10.4 Å². The van der Waals surface area contributed by atoms with E-state index in [0.717, 1.165) is 6.42 Å². The molecule has 0 bridgehead atoms. The van der Waals surface area contributed by atoms with Crippen molar-refractivity contribution in [2.24, 2.45) is 16.1 Å². The quantitative estimate of drug-likeness (QED) is 0.373. The minimum atomic E-state index is -0.762. The van der Waals surface area contributed by atoms with Crippen LogP contribution in [-0.2, 0) is 4.74 Å². The second kappa shape index (κ2) is 8.10. The maximum Gasteiger partial charge on any atom is 0.403 e. The van der Waals surface area contributed by atoms with Gasteiger partial charge in [-0.2, -0.15) is 10.2 Å². The van der Waals surface area contributed by atoms with Crippen molar-refractivity contribution in [1.29, 1.82) is 0 Å². The zero-order valence-corrected chi connectivity index (χ0v) is 14.3. The lowest BCUT2D eigenvalue weighted by molar-refractivity contribution is 0.181. The fraction of sp³-hybridized carbons (Fsp3) is 0.923. The number of hydrogen-bond acceptors (Lipinski definition) is 5. The molecular formula is C13H25ClN2O2S. The van der Waals surface area contributed by atoms with E-state index >= 15 is 0 Å². The molecule has 0 spiro atoms. The molecule has 0 amide bonds. The van der Waals surface area contributed by atoms with Crippen molar-refractivity contribution in [2.45, 2.75) is 58.4 Å². The van der Waals surface area contributed by atoms with Gasteiger partial charge in [-0.1, -0.05) is 13.8 Å². The highest BCUT2D eigenvalue weighted by molar-refractivity contribution is 8.00. The SMILES string of the molecule is CC(C)CC(C)(N=NC(C)(C)C)SCCOC(=O)Cl. The van der Waals surface area contributed by atoms with Gasteiger partial charge in [0.05, 0.1) is 5.54 Å². The second-order valence-electron chi connectivity index (χ2n) is 6.08. The van der Waals surface area contributed by atoms with Crippen molar-refractivity contribution in [1.82, 2.24) is 0 Å². The molecule has 0 rings (SSSR count). The predicted octanol–water partition coefficient (Wildman–Crippen LogP) is 5.11. The highest BCUT2D eigenvalue weighted by Gasteiger charge is 2.26. The fourth-order valence-corrected chi connectivity index (χ4v) is 2.76. The fourth-order valence-electron chi connectivity index (χ4n) is 1.53. The van der Waals surface area contributed by atoms with E-state index in [1.54, 1.807) is 11.8 Å². The molecule has 4 nitrogen and oxygen atoms in total. The third kappa shape index (κ3) is 11.3. The van der Waals surface area contributed by atoms with Gasteiger partial charge in [0, 0.05) is 17.4 Å². The van der Waals surface area contributed by atoms with Crippen LogP contribution in [0.3, 0.4) is 0 Å². The van der Waals surface area contributed by atoms with E-state index in [4.69, 9.17) is 16.3 Å². The first-order valence-electron chi connectivity index (χ1n) is 6.44. The number of carbonyl (C=O) groups is 1. The van der Waals surface area contributed by atoms with Crippen LogP contribution in [0.1, 0.15) is 48.0 Å². The Hall–Kier alpha value is -0.290. The number of azo groups is 1. The van der Waals surface area contributed by atoms with Gasteiger partial charge >= 0.3 is 5.43 Å². The number of thioether (sulfide) groups is 1. The van der Waals surface area contributed by atoms with Crippen LogP contribution in [-0.4, -0.2) is 28.2 Å². The Morgan fingerprint density at radius 2 is 1.84 bits per heavy atom. The van der Waals surface area contributed by atoms with E-state index in [1.807, 2.05) is 20.8 Å². The number of nitrogens with zero attached hydrogens (tertiary/aromatic N) is 2. The van der Waals surface area contributed by atoms with Crippen LogP contribution in [0.25, 0.3) is 0 Å². The summed E-state index contributed by atoms with van der Waals surface area (Å²) in [7, 11) is 0. The lowest BCUT2D eigenvalue weighted by Crippen LogP contribution is -2.22. The van der Waals surface area contributed by atoms with Gasteiger partial charge in [0.1, 0.15) is 11.5 Å². The summed E-state index contributed by atoms with van der Waals surface area (Å²) < 4.78 is 4.72. The van der Waals surface area contributed by atoms with Gasteiger partial charge in [0.15, 0.2) is 0 Å². The summed E-state index contributed by atoms with van der Waals surface area (Å²) in [5.41, 5.74) is -0.941. The highest BCUT2D eigenvalue weighted by atomic mass is 35.5. The van der Waals surface area contributed by atoms with E-state index in [1.165, 1.54) is 0 Å². The second-order valence-corrected chi connectivity index (χ2v) is 7.96. The van der Waals surface area contributed by atoms with E-state index < -0.39 is 5.43 Å². The highest BCUT2D eigenvalue weighted by Crippen LogP contribution is 2.34. The first-order chi connectivity index (χ1) is 8.54. The molecule has 1 unspecified atom stereocenters. The number of halogens is 1. The van der Waals surface area contributed by atoms with Crippen LogP contribution in [0.5, 0.6) is 0 Å². The molecule has 6 heteroatoms. The average molecular weight is 309 g/mol. The molecule has 0 aliphatic rings. The summed E-state index contributed by atoms with van der Waals surface area (Å²) in [4.78, 5) is 10.2. The third-order valence-electron chi connectivity index (χ3n) is 2.06. The standard InChI is InChI=1S/C13H25ClN2O2S/c1-10(2)9-13(6,16-15-12(3,4)5)19-8-7-18-11(14)17/h10H,7-9H2,1-6H3. The molecule has 0 saturated carbocycles. The number of carbonyl (C=O) groups excluding carboxylic acids is 1. The van der Waals surface area contributed by atoms with Crippen molar-refractivity contribution < 1.29 is 9.53 Å². The minimum absolute atomic E-state index is 0.179. The van der Waals surface area contributed by atoms with Crippen LogP contribution < -0.4 is 0 Å². The Balaban J connectivity index is 4.51. The maximum atomic E-state index is 10.5. The van der Waals surface area contributed by atoms with Gasteiger partial charge in [-0.3, -0.25) is 0 Å². The van der Waals surface area contributed by atoms with Crippen molar-refractivity contribution in [3.8, 4) is 0 Å². The van der Waals surface area contributed by atoms with Crippen LogP contribution in [0.4, 0.5) is 4.79 Å². The van der Waals surface area contributed by atoms with Crippen LogP contribution in [0.15, 0.2) is 10.2 Å². The van der Waals surface area contributed by atoms with Gasteiger partial charge in [0.2, 0.25) is 0 Å². The van der Waals surface area contributed by atoms with Crippen molar-refractivity contribution in [3.63, 3.8) is 0 Å². The Morgan fingerprint density at radius 3 is 2.26 bits per heavy atom. The minimum Gasteiger partial charge on any atom is -0.453 e. The van der Waals surface area contributed by atoms with Gasteiger partial charge in [-0.05, 0) is 40.0 Å². The Morgan fingerprint density at radius 1 is 1.26 bits per heavy atom. The van der Waals surface area contributed by atoms with E-state index in [2.05, 4.69) is 31.0 Å². The van der Waals surface area contributed by atoms with Gasteiger partial charge in [-0.15, -0.1) is 11.8 Å². The molecule has 0 heterocycles. The molecule has 0 saturated heterocycles. The van der Waals surface area contributed by atoms with Crippen molar-refractivity contribution in [3.05, 3.63) is 0 Å². The number of rotatable bonds is 7. The molecule has 0 aromatic rings. The molecule has 0 radical (unpaired) electrons. The molecule has 0 aliphatic carbocycles. The molecule has 0 aromatic carbocycles. The zero-order chi connectivity index (χ0) is 15.1. The van der Waals surface area contributed by atoms with Crippen LogP contribution >= 0.6 is 23.4 Å². The summed E-state index contributed by atoms with van der Waals surface area (Å²) >= 11 is 6.76. The van der Waals surface area contributed by atoms with Crippen molar-refractivity contribution in [2.75, 3.05) is 12.4 Å². The monoisotopic (exact) mass is 308 g/mol. The van der Waals surface area contributed by atoms with Gasteiger partial charge < -0.3 is 4.74 Å². The molecule has 0 N–H and O–H groups in total. The van der Waals surface area contributed by atoms with E-state index in [0.29, 0.717) is 18.3 Å². The molecule has 1 atom stereocenters. The summed E-state index contributed by atoms with van der Waals surface area (Å²) in [6.45, 7) is 12.7. The third-order valence-corrected chi connectivity index (χ3v) is 3.41. The summed E-state index contributed by atoms with van der Waals surface area (Å²) in [6.07, 6.45) is 0.923. The van der Waals surface area contributed by atoms with Crippen LogP contribution in [0.2, 0.25) is 0 Å². The van der Waals surface area contributed by atoms with Crippen LogP contribution in [0, 0.1) is 5.92 Å². The lowest BCUT2D eigenvalue weighted by Gasteiger charge is -2.26. The first kappa shape index (κ1) is 18.7. The van der Waals surface area contributed by atoms with Crippen molar-refractivity contribution >= 4 is 28.8 Å². The summed E-state index contributed by atoms with van der Waals surface area (Å²) in [5, 5.41) is 8.86. The lowest BCUT2D eigenvalue weighted by atomic mass is 10.1. The van der Waals surface area contributed by atoms with E-state index in [9.17, 15) is 4.79 Å². The molecule has 0 aromatic heterocycles. The first-order valence-corrected chi connectivity index (χ1v) is 7.81. The Kier molecular flexibility index (Phi) is 7.98. The smallest absolute Gasteiger partial charge is 0.403 e. The zero-order valence-electron chi connectivity index (χ0n) is 12.7. The largest absolute Gasteiger partial charge is 0.453 e. The molecule has 0 aliphatic heterocycles.